The minimum atomic E-state index is -0.183. The molecule has 0 N–H and O–H groups in total. The highest BCUT2D eigenvalue weighted by Crippen LogP contribution is 2.37. The molecule has 2 aliphatic heterocycles. The highest BCUT2D eigenvalue weighted by molar-refractivity contribution is 5.30. The number of ether oxygens (including phenoxy) is 1. The molecule has 4 rings (SSSR count). The molecule has 5 nitrogen and oxygen atoms in total. The minimum Gasteiger partial charge on any atom is -0.371 e. The molecule has 1 spiro atoms. The molecule has 0 unspecified atom stereocenters. The van der Waals surface area contributed by atoms with Crippen molar-refractivity contribution in [2.75, 3.05) is 31.6 Å². The van der Waals surface area contributed by atoms with Crippen molar-refractivity contribution in [3.8, 4) is 0 Å². The lowest BCUT2D eigenvalue weighted by Gasteiger charge is -2.40. The van der Waals surface area contributed by atoms with Gasteiger partial charge in [0.15, 0.2) is 0 Å². The van der Waals surface area contributed by atoms with Crippen molar-refractivity contribution < 1.29 is 9.13 Å². The largest absolute Gasteiger partial charge is 0.371 e. The van der Waals surface area contributed by atoms with E-state index in [0.29, 0.717) is 12.6 Å². The van der Waals surface area contributed by atoms with Crippen LogP contribution < -0.4 is 4.90 Å². The molecule has 26 heavy (non-hydrogen) atoms. The Morgan fingerprint density at radius 2 is 2.04 bits per heavy atom. The van der Waals surface area contributed by atoms with E-state index in [1.165, 1.54) is 12.1 Å². The third-order valence-corrected chi connectivity index (χ3v) is 5.54. The van der Waals surface area contributed by atoms with Crippen LogP contribution in [0.3, 0.4) is 0 Å². The Bertz CT molecular complexity index is 726. The third-order valence-electron chi connectivity index (χ3n) is 5.54. The minimum absolute atomic E-state index is 0.0913. The van der Waals surface area contributed by atoms with Crippen molar-refractivity contribution in [3.63, 3.8) is 0 Å². The summed E-state index contributed by atoms with van der Waals surface area (Å²) in [6, 6.07) is 8.93. The SMILES string of the molecule is CN(c1ncccn1)[C@H]1CO[C@@]2(CCCN(Cc3ccc(F)cc3)C2)C1. The highest BCUT2D eigenvalue weighted by Gasteiger charge is 2.44. The van der Waals surface area contributed by atoms with Gasteiger partial charge in [-0.05, 0) is 43.1 Å². The first-order chi connectivity index (χ1) is 12.6. The predicted octanol–water partition coefficient (Wildman–Crippen LogP) is 2.88. The second kappa shape index (κ2) is 7.29. The lowest BCUT2D eigenvalue weighted by Crippen LogP contribution is -2.48. The van der Waals surface area contributed by atoms with E-state index in [0.717, 1.165) is 50.4 Å². The van der Waals surface area contributed by atoms with Crippen LogP contribution in [-0.2, 0) is 11.3 Å². The first-order valence-corrected chi connectivity index (χ1v) is 9.24. The van der Waals surface area contributed by atoms with Crippen molar-refractivity contribution in [2.24, 2.45) is 0 Å². The van der Waals surface area contributed by atoms with Gasteiger partial charge >= 0.3 is 0 Å². The van der Waals surface area contributed by atoms with Crippen molar-refractivity contribution in [1.29, 1.82) is 0 Å². The zero-order valence-corrected chi connectivity index (χ0v) is 15.1. The Labute approximate surface area is 153 Å². The van der Waals surface area contributed by atoms with E-state index < -0.39 is 0 Å². The number of aromatic nitrogens is 2. The maximum Gasteiger partial charge on any atom is 0.225 e. The van der Waals surface area contributed by atoms with Crippen molar-refractivity contribution in [3.05, 3.63) is 54.1 Å². The molecule has 1 aromatic carbocycles. The van der Waals surface area contributed by atoms with Gasteiger partial charge in [-0.25, -0.2) is 14.4 Å². The fourth-order valence-corrected chi connectivity index (χ4v) is 4.16. The topological polar surface area (TPSA) is 41.5 Å². The maximum atomic E-state index is 13.1. The normalized spacial score (nSPS) is 26.3. The molecule has 1 aromatic heterocycles. The zero-order valence-electron chi connectivity index (χ0n) is 15.1. The molecule has 2 aliphatic rings. The van der Waals surface area contributed by atoms with Gasteiger partial charge in [-0.15, -0.1) is 0 Å². The summed E-state index contributed by atoms with van der Waals surface area (Å²) in [7, 11) is 2.04. The van der Waals surface area contributed by atoms with E-state index in [1.54, 1.807) is 12.4 Å². The summed E-state index contributed by atoms with van der Waals surface area (Å²) < 4.78 is 19.4. The number of nitrogens with zero attached hydrogens (tertiary/aromatic N) is 4. The van der Waals surface area contributed by atoms with Crippen LogP contribution in [0.15, 0.2) is 42.7 Å². The summed E-state index contributed by atoms with van der Waals surface area (Å²) in [5.74, 6) is 0.564. The molecular formula is C20H25FN4O. The average molecular weight is 356 g/mol. The van der Waals surface area contributed by atoms with Gasteiger partial charge in [0, 0.05) is 39.0 Å². The van der Waals surface area contributed by atoms with Gasteiger partial charge in [-0.1, -0.05) is 12.1 Å². The summed E-state index contributed by atoms with van der Waals surface area (Å²) in [5.41, 5.74) is 1.05. The van der Waals surface area contributed by atoms with Crippen LogP contribution in [0.1, 0.15) is 24.8 Å². The average Bonchev–Trinajstić information content (AvgIpc) is 3.07. The zero-order chi connectivity index (χ0) is 18.0. The molecule has 2 atom stereocenters. The van der Waals surface area contributed by atoms with Crippen molar-refractivity contribution >= 4 is 5.95 Å². The summed E-state index contributed by atoms with van der Waals surface area (Å²) in [6.45, 7) is 3.53. The Hall–Kier alpha value is -2.05. The molecule has 138 valence electrons. The van der Waals surface area contributed by atoms with E-state index >= 15 is 0 Å². The quantitative estimate of drug-likeness (QED) is 0.843. The van der Waals surface area contributed by atoms with E-state index in [9.17, 15) is 4.39 Å². The second-order valence-corrected chi connectivity index (χ2v) is 7.45. The standard InChI is InChI=1S/C20H25FN4O/c1-24(19-22-9-3-10-23-19)18-12-20(26-14-18)8-2-11-25(15-20)13-16-4-6-17(21)7-5-16/h3-7,9-10,18H,2,8,11-15H2,1H3/t18-,20+/m1/s1. The molecule has 6 heteroatoms. The number of piperidine rings is 1. The van der Waals surface area contributed by atoms with Gasteiger partial charge in [0.25, 0.3) is 0 Å². The Kier molecular flexibility index (Phi) is 4.87. The molecule has 0 radical (unpaired) electrons. The number of hydrogen-bond acceptors (Lipinski definition) is 5. The Morgan fingerprint density at radius 3 is 2.81 bits per heavy atom. The Morgan fingerprint density at radius 1 is 1.27 bits per heavy atom. The van der Waals surface area contributed by atoms with Crippen LogP contribution in [-0.4, -0.2) is 53.3 Å². The lowest BCUT2D eigenvalue weighted by molar-refractivity contribution is -0.0533. The Balaban J connectivity index is 1.40. The summed E-state index contributed by atoms with van der Waals surface area (Å²) in [4.78, 5) is 13.3. The fourth-order valence-electron chi connectivity index (χ4n) is 4.16. The van der Waals surface area contributed by atoms with Crippen LogP contribution in [0.25, 0.3) is 0 Å². The predicted molar refractivity (Wildman–Crippen MR) is 98.4 cm³/mol. The smallest absolute Gasteiger partial charge is 0.225 e. The lowest BCUT2D eigenvalue weighted by atomic mass is 9.88. The van der Waals surface area contributed by atoms with Gasteiger partial charge in [-0.3, -0.25) is 4.90 Å². The number of likely N-dealkylation sites (tertiary alicyclic amines) is 1. The van der Waals surface area contributed by atoms with Crippen molar-refractivity contribution in [2.45, 2.75) is 37.5 Å². The van der Waals surface area contributed by atoms with Crippen molar-refractivity contribution in [1.82, 2.24) is 14.9 Å². The monoisotopic (exact) mass is 356 g/mol. The molecule has 0 aliphatic carbocycles. The van der Waals surface area contributed by atoms with E-state index in [-0.39, 0.29) is 11.4 Å². The van der Waals surface area contributed by atoms with Gasteiger partial charge in [0.1, 0.15) is 5.82 Å². The first-order valence-electron chi connectivity index (χ1n) is 9.24. The number of likely N-dealkylation sites (N-methyl/N-ethyl adjacent to an activating group) is 1. The van der Waals surface area contributed by atoms with E-state index in [4.69, 9.17) is 4.74 Å². The van der Waals surface area contributed by atoms with Gasteiger partial charge < -0.3 is 9.64 Å². The number of halogens is 1. The molecule has 0 saturated carbocycles. The maximum absolute atomic E-state index is 13.1. The number of benzene rings is 1. The highest BCUT2D eigenvalue weighted by atomic mass is 19.1. The summed E-state index contributed by atoms with van der Waals surface area (Å²) >= 11 is 0. The summed E-state index contributed by atoms with van der Waals surface area (Å²) in [6.07, 6.45) is 6.75. The number of rotatable bonds is 4. The number of anilines is 1. The van der Waals surface area contributed by atoms with Crippen LogP contribution in [0.4, 0.5) is 10.3 Å². The molecule has 2 fully saturated rings. The van der Waals surface area contributed by atoms with Gasteiger partial charge in [0.2, 0.25) is 5.95 Å². The molecular weight excluding hydrogens is 331 g/mol. The number of hydrogen-bond donors (Lipinski definition) is 0. The van der Waals surface area contributed by atoms with Crippen LogP contribution in [0, 0.1) is 5.82 Å². The van der Waals surface area contributed by atoms with Crippen LogP contribution in [0.5, 0.6) is 0 Å². The molecule has 0 amide bonds. The molecule has 0 bridgehead atoms. The fraction of sp³-hybridized carbons (Fsp3) is 0.500. The van der Waals surface area contributed by atoms with Crippen LogP contribution >= 0.6 is 0 Å². The molecule has 3 heterocycles. The first kappa shape index (κ1) is 17.4. The summed E-state index contributed by atoms with van der Waals surface area (Å²) in [5, 5.41) is 0. The van der Waals surface area contributed by atoms with Crippen LogP contribution in [0.2, 0.25) is 0 Å². The second-order valence-electron chi connectivity index (χ2n) is 7.45. The van der Waals surface area contributed by atoms with Gasteiger partial charge in [0.05, 0.1) is 18.2 Å². The molecule has 2 aromatic rings. The van der Waals surface area contributed by atoms with E-state index in [2.05, 4.69) is 19.8 Å². The molecule has 2 saturated heterocycles. The third kappa shape index (κ3) is 3.71. The van der Waals surface area contributed by atoms with Gasteiger partial charge in [-0.2, -0.15) is 0 Å². The van der Waals surface area contributed by atoms with E-state index in [1.807, 2.05) is 25.2 Å².